The second-order valence-corrected chi connectivity index (χ2v) is 7.55. The van der Waals surface area contributed by atoms with E-state index in [0.717, 1.165) is 30.9 Å². The number of ether oxygens (including phenoxy) is 3. The number of halogens is 1. The van der Waals surface area contributed by atoms with Gasteiger partial charge in [-0.2, -0.15) is 0 Å². The number of pyridine rings is 1. The van der Waals surface area contributed by atoms with Crippen LogP contribution in [0.3, 0.4) is 0 Å². The fraction of sp³-hybridized carbons (Fsp3) is 0.455. The van der Waals surface area contributed by atoms with Crippen molar-refractivity contribution in [1.82, 2.24) is 15.6 Å². The van der Waals surface area contributed by atoms with E-state index in [1.165, 1.54) is 5.56 Å². The van der Waals surface area contributed by atoms with Crippen LogP contribution in [-0.2, 0) is 11.3 Å². The highest BCUT2D eigenvalue weighted by atomic mass is 35.5. The number of hydrogen-bond acceptors (Lipinski definition) is 5. The molecule has 2 aromatic rings. The Morgan fingerprint density at radius 3 is 2.97 bits per heavy atom. The van der Waals surface area contributed by atoms with E-state index < -0.39 is 0 Å². The third kappa shape index (κ3) is 6.78. The molecule has 1 unspecified atom stereocenters. The summed E-state index contributed by atoms with van der Waals surface area (Å²) >= 11 is 6.04. The lowest BCUT2D eigenvalue weighted by atomic mass is 10.1. The Labute approximate surface area is 182 Å². The zero-order valence-corrected chi connectivity index (χ0v) is 18.2. The van der Waals surface area contributed by atoms with Crippen LogP contribution in [0.2, 0.25) is 5.02 Å². The standard InChI is InChI=1S/C22H29ClN4O3/c1-16-5-6-18(20(12-16)30-15-17-7-10-28-14-17)13-27-22(24-2)26-9-11-29-21-19(23)4-3-8-25-21/h3-6,8,12,17H,7,9-11,13-15H2,1-2H3,(H2,24,26,27). The van der Waals surface area contributed by atoms with E-state index in [9.17, 15) is 0 Å². The first kappa shape index (κ1) is 22.2. The molecule has 1 fully saturated rings. The second-order valence-electron chi connectivity index (χ2n) is 7.14. The predicted octanol–water partition coefficient (Wildman–Crippen LogP) is 3.20. The molecule has 1 saturated heterocycles. The molecule has 1 aromatic carbocycles. The molecule has 0 bridgehead atoms. The van der Waals surface area contributed by atoms with Crippen LogP contribution < -0.4 is 20.1 Å². The Bertz CT molecular complexity index is 841. The van der Waals surface area contributed by atoms with Gasteiger partial charge in [0.25, 0.3) is 0 Å². The van der Waals surface area contributed by atoms with Crippen molar-refractivity contribution in [3.05, 3.63) is 52.7 Å². The summed E-state index contributed by atoms with van der Waals surface area (Å²) in [6.45, 7) is 5.93. The highest BCUT2D eigenvalue weighted by Crippen LogP contribution is 2.23. The normalized spacial score (nSPS) is 16.4. The Morgan fingerprint density at radius 1 is 1.30 bits per heavy atom. The minimum atomic E-state index is 0.416. The minimum absolute atomic E-state index is 0.416. The lowest BCUT2D eigenvalue weighted by molar-refractivity contribution is 0.166. The number of nitrogens with one attached hydrogen (secondary N) is 2. The van der Waals surface area contributed by atoms with Gasteiger partial charge in [-0.25, -0.2) is 4.98 Å². The van der Waals surface area contributed by atoms with Crippen LogP contribution in [0.15, 0.2) is 41.5 Å². The summed E-state index contributed by atoms with van der Waals surface area (Å²) < 4.78 is 17.1. The van der Waals surface area contributed by atoms with Crippen LogP contribution in [0.1, 0.15) is 17.5 Å². The van der Waals surface area contributed by atoms with Crippen LogP contribution in [0.25, 0.3) is 0 Å². The first-order valence-corrected chi connectivity index (χ1v) is 10.5. The SMILES string of the molecule is CN=C(NCCOc1ncccc1Cl)NCc1ccc(C)cc1OCC1CCOC1. The van der Waals surface area contributed by atoms with Crippen molar-refractivity contribution in [3.63, 3.8) is 0 Å². The first-order valence-electron chi connectivity index (χ1n) is 10.1. The molecule has 30 heavy (non-hydrogen) atoms. The van der Waals surface area contributed by atoms with Gasteiger partial charge in [-0.1, -0.05) is 23.7 Å². The number of guanidine groups is 1. The van der Waals surface area contributed by atoms with Crippen molar-refractivity contribution < 1.29 is 14.2 Å². The van der Waals surface area contributed by atoms with Crippen molar-refractivity contribution in [1.29, 1.82) is 0 Å². The number of hydrogen-bond donors (Lipinski definition) is 2. The minimum Gasteiger partial charge on any atom is -0.493 e. The van der Waals surface area contributed by atoms with Gasteiger partial charge in [-0.15, -0.1) is 0 Å². The maximum atomic E-state index is 6.11. The summed E-state index contributed by atoms with van der Waals surface area (Å²) in [7, 11) is 1.73. The van der Waals surface area contributed by atoms with Crippen molar-refractivity contribution in [3.8, 4) is 11.6 Å². The number of nitrogens with zero attached hydrogens (tertiary/aromatic N) is 2. The molecule has 162 valence electrons. The maximum absolute atomic E-state index is 6.11. The average molecular weight is 433 g/mol. The Kier molecular flexibility index (Phi) is 8.59. The molecular formula is C22H29ClN4O3. The smallest absolute Gasteiger partial charge is 0.232 e. The van der Waals surface area contributed by atoms with Gasteiger partial charge in [0.05, 0.1) is 19.8 Å². The summed E-state index contributed by atoms with van der Waals surface area (Å²) in [6.07, 6.45) is 2.71. The molecule has 8 heteroatoms. The largest absolute Gasteiger partial charge is 0.493 e. The molecule has 1 aromatic heterocycles. The van der Waals surface area contributed by atoms with Crippen molar-refractivity contribution in [2.75, 3.05) is 40.0 Å². The first-order chi connectivity index (χ1) is 14.7. The van der Waals surface area contributed by atoms with Crippen LogP contribution in [0.4, 0.5) is 0 Å². The number of benzene rings is 1. The van der Waals surface area contributed by atoms with Gasteiger partial charge in [0, 0.05) is 37.9 Å². The number of aryl methyl sites for hydroxylation is 1. The Hall–Kier alpha value is -2.51. The second kappa shape index (κ2) is 11.6. The third-order valence-corrected chi connectivity index (χ3v) is 5.04. The molecule has 2 N–H and O–H groups in total. The molecule has 3 rings (SSSR count). The van der Waals surface area contributed by atoms with Gasteiger partial charge in [0.1, 0.15) is 17.4 Å². The van der Waals surface area contributed by atoms with Gasteiger partial charge in [0.15, 0.2) is 5.96 Å². The van der Waals surface area contributed by atoms with E-state index in [1.54, 1.807) is 25.4 Å². The van der Waals surface area contributed by atoms with Crippen LogP contribution in [0, 0.1) is 12.8 Å². The molecule has 0 saturated carbocycles. The molecule has 0 spiro atoms. The summed E-state index contributed by atoms with van der Waals surface area (Å²) in [6, 6.07) is 9.77. The quantitative estimate of drug-likeness (QED) is 0.360. The molecule has 0 amide bonds. The topological polar surface area (TPSA) is 77.0 Å². The summed E-state index contributed by atoms with van der Waals surface area (Å²) in [4.78, 5) is 8.37. The zero-order valence-electron chi connectivity index (χ0n) is 17.5. The highest BCUT2D eigenvalue weighted by molar-refractivity contribution is 6.31. The van der Waals surface area contributed by atoms with E-state index in [2.05, 4.69) is 45.7 Å². The van der Waals surface area contributed by atoms with Gasteiger partial charge in [0.2, 0.25) is 5.88 Å². The molecule has 0 radical (unpaired) electrons. The van der Waals surface area contributed by atoms with E-state index in [1.807, 2.05) is 0 Å². The number of rotatable bonds is 9. The fourth-order valence-electron chi connectivity index (χ4n) is 3.06. The van der Waals surface area contributed by atoms with E-state index in [4.69, 9.17) is 25.8 Å². The molecule has 1 aliphatic heterocycles. The summed E-state index contributed by atoms with van der Waals surface area (Å²) in [5.74, 6) is 2.48. The number of aromatic nitrogens is 1. The molecule has 0 aliphatic carbocycles. The lowest BCUT2D eigenvalue weighted by Gasteiger charge is -2.17. The van der Waals surface area contributed by atoms with Crippen LogP contribution >= 0.6 is 11.6 Å². The Balaban J connectivity index is 1.46. The average Bonchev–Trinajstić information content (AvgIpc) is 3.27. The Morgan fingerprint density at radius 2 is 2.20 bits per heavy atom. The zero-order chi connectivity index (χ0) is 21.2. The molecule has 7 nitrogen and oxygen atoms in total. The summed E-state index contributed by atoms with van der Waals surface area (Å²) in [5.41, 5.74) is 2.25. The third-order valence-electron chi connectivity index (χ3n) is 4.75. The van der Waals surface area contributed by atoms with Gasteiger partial charge in [-0.05, 0) is 37.1 Å². The van der Waals surface area contributed by atoms with Gasteiger partial charge >= 0.3 is 0 Å². The van der Waals surface area contributed by atoms with E-state index in [-0.39, 0.29) is 0 Å². The molecular weight excluding hydrogens is 404 g/mol. The van der Waals surface area contributed by atoms with Crippen LogP contribution in [0.5, 0.6) is 11.6 Å². The van der Waals surface area contributed by atoms with Crippen molar-refractivity contribution in [2.45, 2.75) is 19.9 Å². The van der Waals surface area contributed by atoms with Crippen molar-refractivity contribution >= 4 is 17.6 Å². The predicted molar refractivity (Wildman–Crippen MR) is 119 cm³/mol. The van der Waals surface area contributed by atoms with Crippen LogP contribution in [-0.4, -0.2) is 51.0 Å². The van der Waals surface area contributed by atoms with Gasteiger partial charge in [-0.3, -0.25) is 4.99 Å². The highest BCUT2D eigenvalue weighted by Gasteiger charge is 2.17. The molecule has 1 atom stereocenters. The molecule has 1 aliphatic rings. The summed E-state index contributed by atoms with van der Waals surface area (Å²) in [5, 5.41) is 7.04. The molecule has 2 heterocycles. The monoisotopic (exact) mass is 432 g/mol. The van der Waals surface area contributed by atoms with Gasteiger partial charge < -0.3 is 24.8 Å². The number of aliphatic imine (C=N–C) groups is 1. The van der Waals surface area contributed by atoms with Crippen molar-refractivity contribution in [2.24, 2.45) is 10.9 Å². The van der Waals surface area contributed by atoms with E-state index in [0.29, 0.717) is 49.1 Å². The van der Waals surface area contributed by atoms with E-state index >= 15 is 0 Å². The fourth-order valence-corrected chi connectivity index (χ4v) is 3.23. The maximum Gasteiger partial charge on any atom is 0.232 e. The lowest BCUT2D eigenvalue weighted by Crippen LogP contribution is -2.39.